The third-order valence-corrected chi connectivity index (χ3v) is 3.33. The van der Waals surface area contributed by atoms with Gasteiger partial charge in [-0.05, 0) is 30.0 Å². The van der Waals surface area contributed by atoms with Crippen molar-refractivity contribution in [2.75, 3.05) is 19.7 Å². The number of aryl methyl sites for hydroxylation is 1. The number of rotatable bonds is 8. The van der Waals surface area contributed by atoms with Crippen LogP contribution >= 0.6 is 0 Å². The summed E-state index contributed by atoms with van der Waals surface area (Å²) >= 11 is 0. The van der Waals surface area contributed by atoms with Gasteiger partial charge in [-0.25, -0.2) is 8.78 Å². The molecule has 0 spiro atoms. The summed E-state index contributed by atoms with van der Waals surface area (Å²) in [5.41, 5.74) is 0.0934. The maximum absolute atomic E-state index is 13.6. The highest BCUT2D eigenvalue weighted by Gasteiger charge is 2.20. The van der Waals surface area contributed by atoms with E-state index >= 15 is 0 Å². The van der Waals surface area contributed by atoms with E-state index in [4.69, 9.17) is 5.11 Å². The molecule has 4 nitrogen and oxygen atoms in total. The fraction of sp³-hybridized carbons (Fsp3) is 0.562. The Morgan fingerprint density at radius 1 is 1.23 bits per heavy atom. The van der Waals surface area contributed by atoms with Gasteiger partial charge in [0.2, 0.25) is 5.91 Å². The average Bonchev–Trinajstić information content (AvgIpc) is 2.43. The number of hydrogen-bond donors (Lipinski definition) is 3. The smallest absolute Gasteiger partial charge is 0.220 e. The van der Waals surface area contributed by atoms with Crippen LogP contribution in [-0.4, -0.2) is 30.7 Å². The molecule has 0 saturated heterocycles. The third kappa shape index (κ3) is 6.07. The molecule has 1 aromatic rings. The van der Waals surface area contributed by atoms with Gasteiger partial charge in [-0.15, -0.1) is 0 Å². The van der Waals surface area contributed by atoms with Crippen LogP contribution in [-0.2, 0) is 11.3 Å². The molecule has 0 radical (unpaired) electrons. The number of aliphatic hydroxyl groups is 1. The quantitative estimate of drug-likeness (QED) is 0.642. The van der Waals surface area contributed by atoms with Crippen molar-refractivity contribution in [1.82, 2.24) is 10.6 Å². The molecule has 0 saturated carbocycles. The first kappa shape index (κ1) is 18.5. The monoisotopic (exact) mass is 314 g/mol. The first-order valence-corrected chi connectivity index (χ1v) is 7.28. The van der Waals surface area contributed by atoms with Crippen LogP contribution in [0.5, 0.6) is 0 Å². The number of halogens is 2. The molecule has 0 atom stereocenters. The predicted octanol–water partition coefficient (Wildman–Crippen LogP) is 1.89. The van der Waals surface area contributed by atoms with Crippen LogP contribution in [0.3, 0.4) is 0 Å². The molecule has 0 bridgehead atoms. The first-order valence-electron chi connectivity index (χ1n) is 7.28. The normalized spacial score (nSPS) is 11.5. The number of carbonyl (C=O) groups is 1. The fourth-order valence-corrected chi connectivity index (χ4v) is 1.89. The standard InChI is InChI=1S/C16H24F2N2O2/c1-11-6-14(18)12(7-13(11)17)9-19-4-5-20-15(22)8-16(2,3)10-21/h6-7,19,21H,4-5,8-10H2,1-3H3,(H,20,22). The molecule has 1 aromatic carbocycles. The van der Waals surface area contributed by atoms with E-state index in [1.165, 1.54) is 19.1 Å². The summed E-state index contributed by atoms with van der Waals surface area (Å²) in [6, 6.07) is 2.35. The molecule has 0 aliphatic carbocycles. The van der Waals surface area contributed by atoms with Crippen LogP contribution in [0.2, 0.25) is 0 Å². The van der Waals surface area contributed by atoms with Crippen LogP contribution in [0, 0.1) is 24.0 Å². The van der Waals surface area contributed by atoms with Crippen molar-refractivity contribution < 1.29 is 18.7 Å². The van der Waals surface area contributed by atoms with Gasteiger partial charge < -0.3 is 15.7 Å². The van der Waals surface area contributed by atoms with Crippen LogP contribution in [0.4, 0.5) is 8.78 Å². The van der Waals surface area contributed by atoms with E-state index in [0.717, 1.165) is 0 Å². The molecule has 0 aromatic heterocycles. The summed E-state index contributed by atoms with van der Waals surface area (Å²) in [6.07, 6.45) is 0.237. The second kappa shape index (κ2) is 8.19. The molecule has 22 heavy (non-hydrogen) atoms. The van der Waals surface area contributed by atoms with Gasteiger partial charge in [0.15, 0.2) is 0 Å². The molecule has 1 rings (SSSR count). The van der Waals surface area contributed by atoms with Crippen LogP contribution < -0.4 is 10.6 Å². The Kier molecular flexibility index (Phi) is 6.90. The van der Waals surface area contributed by atoms with Crippen LogP contribution in [0.25, 0.3) is 0 Å². The molecule has 3 N–H and O–H groups in total. The lowest BCUT2D eigenvalue weighted by atomic mass is 9.90. The third-order valence-electron chi connectivity index (χ3n) is 3.33. The Labute approximate surface area is 129 Å². The Bertz CT molecular complexity index is 519. The number of amides is 1. The van der Waals surface area contributed by atoms with E-state index in [1.807, 2.05) is 0 Å². The summed E-state index contributed by atoms with van der Waals surface area (Å²) in [4.78, 5) is 11.6. The van der Waals surface area contributed by atoms with Crippen molar-refractivity contribution in [2.45, 2.75) is 33.7 Å². The molecule has 6 heteroatoms. The van der Waals surface area contributed by atoms with Gasteiger partial charge in [-0.2, -0.15) is 0 Å². The van der Waals surface area contributed by atoms with Crippen molar-refractivity contribution in [3.8, 4) is 0 Å². The van der Waals surface area contributed by atoms with Crippen molar-refractivity contribution in [3.63, 3.8) is 0 Å². The summed E-state index contributed by atoms with van der Waals surface area (Å²) in [5.74, 6) is -1.02. The SMILES string of the molecule is Cc1cc(F)c(CNCCNC(=O)CC(C)(C)CO)cc1F. The van der Waals surface area contributed by atoms with Crippen molar-refractivity contribution in [2.24, 2.45) is 5.41 Å². The van der Waals surface area contributed by atoms with Gasteiger partial charge >= 0.3 is 0 Å². The van der Waals surface area contributed by atoms with Gasteiger partial charge in [0, 0.05) is 38.2 Å². The Balaban J connectivity index is 2.29. The minimum Gasteiger partial charge on any atom is -0.396 e. The lowest BCUT2D eigenvalue weighted by molar-refractivity contribution is -0.123. The maximum atomic E-state index is 13.6. The van der Waals surface area contributed by atoms with Gasteiger partial charge in [0.1, 0.15) is 11.6 Å². The molecule has 0 heterocycles. The molecular formula is C16H24F2N2O2. The van der Waals surface area contributed by atoms with Crippen LogP contribution in [0.1, 0.15) is 31.4 Å². The Morgan fingerprint density at radius 2 is 1.91 bits per heavy atom. The first-order chi connectivity index (χ1) is 10.2. The summed E-state index contributed by atoms with van der Waals surface area (Å²) in [6.45, 7) is 6.09. The summed E-state index contributed by atoms with van der Waals surface area (Å²) in [5, 5.41) is 14.8. The number of benzene rings is 1. The number of aliphatic hydroxyl groups excluding tert-OH is 1. The van der Waals surface area contributed by atoms with Crippen molar-refractivity contribution in [3.05, 3.63) is 34.9 Å². The second-order valence-corrected chi connectivity index (χ2v) is 6.22. The lowest BCUT2D eigenvalue weighted by Crippen LogP contribution is -2.35. The molecule has 0 fully saturated rings. The van der Waals surface area contributed by atoms with E-state index in [-0.39, 0.29) is 36.6 Å². The van der Waals surface area contributed by atoms with E-state index in [2.05, 4.69) is 10.6 Å². The van der Waals surface area contributed by atoms with E-state index in [9.17, 15) is 13.6 Å². The van der Waals surface area contributed by atoms with Gasteiger partial charge in [0.05, 0.1) is 0 Å². The molecule has 0 unspecified atom stereocenters. The molecular weight excluding hydrogens is 290 g/mol. The van der Waals surface area contributed by atoms with Crippen LogP contribution in [0.15, 0.2) is 12.1 Å². The van der Waals surface area contributed by atoms with Crippen molar-refractivity contribution in [1.29, 1.82) is 0 Å². The zero-order chi connectivity index (χ0) is 16.8. The predicted molar refractivity (Wildman–Crippen MR) is 81.3 cm³/mol. The van der Waals surface area contributed by atoms with Crippen molar-refractivity contribution >= 4 is 5.91 Å². The Hall–Kier alpha value is -1.53. The summed E-state index contributed by atoms with van der Waals surface area (Å²) in [7, 11) is 0. The zero-order valence-corrected chi connectivity index (χ0v) is 13.3. The van der Waals surface area contributed by atoms with E-state index in [1.54, 1.807) is 13.8 Å². The highest BCUT2D eigenvalue weighted by Crippen LogP contribution is 2.18. The largest absolute Gasteiger partial charge is 0.396 e. The fourth-order valence-electron chi connectivity index (χ4n) is 1.89. The van der Waals surface area contributed by atoms with Gasteiger partial charge in [0.25, 0.3) is 0 Å². The minimum atomic E-state index is -0.444. The Morgan fingerprint density at radius 3 is 2.55 bits per heavy atom. The zero-order valence-electron chi connectivity index (χ0n) is 13.3. The van der Waals surface area contributed by atoms with E-state index < -0.39 is 17.0 Å². The number of hydrogen-bond acceptors (Lipinski definition) is 3. The lowest BCUT2D eigenvalue weighted by Gasteiger charge is -2.20. The second-order valence-electron chi connectivity index (χ2n) is 6.22. The average molecular weight is 314 g/mol. The van der Waals surface area contributed by atoms with E-state index in [0.29, 0.717) is 13.1 Å². The molecule has 0 aliphatic heterocycles. The van der Waals surface area contributed by atoms with Gasteiger partial charge in [-0.1, -0.05) is 13.8 Å². The molecule has 124 valence electrons. The topological polar surface area (TPSA) is 61.4 Å². The maximum Gasteiger partial charge on any atom is 0.220 e. The van der Waals surface area contributed by atoms with Gasteiger partial charge in [-0.3, -0.25) is 4.79 Å². The highest BCUT2D eigenvalue weighted by atomic mass is 19.1. The number of nitrogens with one attached hydrogen (secondary N) is 2. The summed E-state index contributed by atoms with van der Waals surface area (Å²) < 4.78 is 27.0. The molecule has 1 amide bonds. The number of carbonyl (C=O) groups excluding carboxylic acids is 1. The highest BCUT2D eigenvalue weighted by molar-refractivity contribution is 5.76. The minimum absolute atomic E-state index is 0.0586. The molecule has 0 aliphatic rings.